The molecule has 5 nitrogen and oxygen atoms in total. The number of ketones is 2. The Bertz CT molecular complexity index is 922. The van der Waals surface area contributed by atoms with Crippen molar-refractivity contribution in [3.63, 3.8) is 0 Å². The van der Waals surface area contributed by atoms with Crippen molar-refractivity contribution in [1.29, 1.82) is 0 Å². The van der Waals surface area contributed by atoms with Crippen molar-refractivity contribution in [3.8, 4) is 0 Å². The lowest BCUT2D eigenvalue weighted by Crippen LogP contribution is -2.55. The molecule has 29 heavy (non-hydrogen) atoms. The minimum atomic E-state index is -1.13. The quantitative estimate of drug-likeness (QED) is 0.527. The average molecular weight is 398 g/mol. The predicted molar refractivity (Wildman–Crippen MR) is 106 cm³/mol. The van der Waals surface area contributed by atoms with Crippen LogP contribution in [0.15, 0.2) is 22.8 Å². The summed E-state index contributed by atoms with van der Waals surface area (Å²) < 4.78 is 12.0. The van der Waals surface area contributed by atoms with Crippen molar-refractivity contribution in [2.75, 3.05) is 7.11 Å². The Morgan fingerprint density at radius 2 is 1.86 bits per heavy atom. The van der Waals surface area contributed by atoms with Crippen molar-refractivity contribution in [2.24, 2.45) is 34.0 Å². The monoisotopic (exact) mass is 398 g/mol. The summed E-state index contributed by atoms with van der Waals surface area (Å²) in [6.07, 6.45) is 3.23. The molecule has 5 heteroatoms. The highest BCUT2D eigenvalue weighted by atomic mass is 16.6. The number of carbonyl (C=O) groups excluding carboxylic acids is 3. The van der Waals surface area contributed by atoms with Crippen molar-refractivity contribution in [2.45, 2.75) is 66.1 Å². The topological polar surface area (TPSA) is 69.7 Å². The van der Waals surface area contributed by atoms with Crippen LogP contribution in [-0.2, 0) is 23.9 Å². The third-order valence-electron chi connectivity index (χ3n) is 8.80. The second-order valence-electron chi connectivity index (χ2n) is 10.7. The maximum absolute atomic E-state index is 14.2. The van der Waals surface area contributed by atoms with Gasteiger partial charge in [0.25, 0.3) is 0 Å². The molecule has 0 N–H and O–H groups in total. The first-order valence-corrected chi connectivity index (χ1v) is 10.8. The summed E-state index contributed by atoms with van der Waals surface area (Å²) in [5, 5.41) is 0. The van der Waals surface area contributed by atoms with Gasteiger partial charge in [0, 0.05) is 24.5 Å². The molecule has 0 aromatic carbocycles. The first kappa shape index (κ1) is 19.2. The number of ether oxygens (including phenoxy) is 2. The van der Waals surface area contributed by atoms with Crippen LogP contribution in [0, 0.1) is 34.0 Å². The van der Waals surface area contributed by atoms with Crippen molar-refractivity contribution in [3.05, 3.63) is 22.8 Å². The number of carbonyl (C=O) groups is 3. The Morgan fingerprint density at radius 1 is 1.17 bits per heavy atom. The van der Waals surface area contributed by atoms with Crippen LogP contribution in [0.25, 0.3) is 0 Å². The van der Waals surface area contributed by atoms with Gasteiger partial charge in [0.05, 0.1) is 0 Å². The number of fused-ring (bicyclic) bond motifs is 2. The van der Waals surface area contributed by atoms with Gasteiger partial charge in [-0.25, -0.2) is 0 Å². The van der Waals surface area contributed by atoms with E-state index in [9.17, 15) is 14.4 Å². The first-order valence-electron chi connectivity index (χ1n) is 10.8. The van der Waals surface area contributed by atoms with Gasteiger partial charge < -0.3 is 9.47 Å². The summed E-state index contributed by atoms with van der Waals surface area (Å²) in [5.41, 5.74) is 0.122. The smallest absolute Gasteiger partial charge is 0.317 e. The highest BCUT2D eigenvalue weighted by Gasteiger charge is 2.77. The van der Waals surface area contributed by atoms with Gasteiger partial charge in [-0.05, 0) is 42.7 Å². The molecule has 4 aliphatic carbocycles. The van der Waals surface area contributed by atoms with E-state index in [0.29, 0.717) is 12.0 Å². The molecule has 0 aromatic heterocycles. The van der Waals surface area contributed by atoms with Gasteiger partial charge in [-0.3, -0.25) is 14.4 Å². The highest BCUT2D eigenvalue weighted by molar-refractivity contribution is 6.25. The van der Waals surface area contributed by atoms with E-state index < -0.39 is 23.0 Å². The van der Waals surface area contributed by atoms with Gasteiger partial charge in [0.15, 0.2) is 11.6 Å². The molecule has 5 aliphatic rings. The van der Waals surface area contributed by atoms with Crippen LogP contribution in [0.4, 0.5) is 0 Å². The van der Waals surface area contributed by atoms with E-state index in [1.54, 1.807) is 13.2 Å². The molecule has 6 atom stereocenters. The van der Waals surface area contributed by atoms with Crippen LogP contribution in [-0.4, -0.2) is 36.9 Å². The third kappa shape index (κ3) is 1.81. The van der Waals surface area contributed by atoms with Crippen LogP contribution in [0.3, 0.4) is 0 Å². The number of methoxy groups -OCH3 is 1. The SMILES string of the molecule is CO[C@H]1C2=C(C(=O)[C@]3(C(C)C)C(=O)C=C(C)C23)[C@@]23CCCC(C)(C)[C@@H]2C1OC3=O. The minimum Gasteiger partial charge on any atom is -0.458 e. The molecule has 2 unspecified atom stereocenters. The van der Waals surface area contributed by atoms with E-state index >= 15 is 0 Å². The van der Waals surface area contributed by atoms with E-state index in [1.807, 2.05) is 20.8 Å². The van der Waals surface area contributed by atoms with Gasteiger partial charge in [-0.15, -0.1) is 0 Å². The van der Waals surface area contributed by atoms with Crippen LogP contribution in [0.5, 0.6) is 0 Å². The van der Waals surface area contributed by atoms with Crippen LogP contribution in [0.1, 0.15) is 53.9 Å². The van der Waals surface area contributed by atoms with E-state index in [4.69, 9.17) is 9.47 Å². The normalized spacial score (nSPS) is 44.7. The van der Waals surface area contributed by atoms with Gasteiger partial charge >= 0.3 is 5.97 Å². The molecule has 0 aromatic rings. The lowest BCUT2D eigenvalue weighted by molar-refractivity contribution is -0.152. The first-order chi connectivity index (χ1) is 13.6. The predicted octanol–water partition coefficient (Wildman–Crippen LogP) is 3.42. The molecule has 1 saturated heterocycles. The summed E-state index contributed by atoms with van der Waals surface area (Å²) in [7, 11) is 1.62. The van der Waals surface area contributed by atoms with E-state index in [1.165, 1.54) is 0 Å². The largest absolute Gasteiger partial charge is 0.458 e. The molecule has 156 valence electrons. The second-order valence-corrected chi connectivity index (χ2v) is 10.7. The second kappa shape index (κ2) is 5.48. The highest BCUT2D eigenvalue weighted by Crippen LogP contribution is 2.71. The van der Waals surface area contributed by atoms with Gasteiger partial charge in [-0.2, -0.15) is 0 Å². The molecule has 0 spiro atoms. The molecule has 1 saturated carbocycles. The third-order valence-corrected chi connectivity index (χ3v) is 8.80. The van der Waals surface area contributed by atoms with Crippen LogP contribution >= 0.6 is 0 Å². The Morgan fingerprint density at radius 3 is 2.48 bits per heavy atom. The summed E-state index contributed by atoms with van der Waals surface area (Å²) >= 11 is 0. The van der Waals surface area contributed by atoms with Crippen molar-refractivity contribution >= 4 is 17.5 Å². The van der Waals surface area contributed by atoms with Gasteiger partial charge in [-0.1, -0.05) is 39.7 Å². The number of hydrogen-bond donors (Lipinski definition) is 0. The Balaban J connectivity index is 1.84. The standard InChI is InChI=1S/C24H30O5/c1-11(2)24-13(25)10-12(3)15(24)14-16(20(24)26)23-9-7-8-22(4,5)19(23)18(17(14)28-6)29-21(23)27/h10-11,15,17-19H,7-9H2,1-6H3/t15?,17-,18?,19-,23-,24+/m0/s1. The summed E-state index contributed by atoms with van der Waals surface area (Å²) in [6.45, 7) is 10.2. The fraction of sp³-hybridized carbons (Fsp3) is 0.708. The van der Waals surface area contributed by atoms with E-state index in [2.05, 4.69) is 13.8 Å². The number of hydrogen-bond acceptors (Lipinski definition) is 5. The number of rotatable bonds is 2. The summed E-state index contributed by atoms with van der Waals surface area (Å²) in [6, 6.07) is 0. The zero-order chi connectivity index (χ0) is 21.1. The average Bonchev–Trinajstić information content (AvgIpc) is 3.16. The summed E-state index contributed by atoms with van der Waals surface area (Å²) in [5.74, 6) is -1.13. The molecule has 1 aliphatic heterocycles. The molecule has 5 rings (SSSR count). The van der Waals surface area contributed by atoms with Crippen molar-refractivity contribution in [1.82, 2.24) is 0 Å². The van der Waals surface area contributed by atoms with Gasteiger partial charge in [0.2, 0.25) is 0 Å². The minimum absolute atomic E-state index is 0.105. The fourth-order valence-electron chi connectivity index (χ4n) is 7.88. The zero-order valence-electron chi connectivity index (χ0n) is 18.1. The number of Topliss-reactive ketones (excluding diaryl/α,β-unsaturated/α-hetero) is 1. The van der Waals surface area contributed by atoms with Crippen LogP contribution in [0.2, 0.25) is 0 Å². The molecule has 1 heterocycles. The van der Waals surface area contributed by atoms with E-state index in [0.717, 1.165) is 24.0 Å². The van der Waals surface area contributed by atoms with Crippen LogP contribution < -0.4 is 0 Å². The Hall–Kier alpha value is -1.75. The molecular formula is C24H30O5. The molecule has 2 bridgehead atoms. The molecule has 0 amide bonds. The summed E-state index contributed by atoms with van der Waals surface area (Å²) in [4.78, 5) is 40.9. The maximum atomic E-state index is 14.2. The zero-order valence-corrected chi connectivity index (χ0v) is 18.1. The lowest BCUT2D eigenvalue weighted by Gasteiger charge is -2.51. The molecule has 2 fully saturated rings. The fourth-order valence-corrected chi connectivity index (χ4v) is 7.88. The molecular weight excluding hydrogens is 368 g/mol. The number of esters is 1. The Kier molecular flexibility index (Phi) is 3.64. The number of allylic oxidation sites excluding steroid dienone is 2. The maximum Gasteiger partial charge on any atom is 0.317 e. The van der Waals surface area contributed by atoms with Gasteiger partial charge in [0.1, 0.15) is 23.0 Å². The van der Waals surface area contributed by atoms with E-state index in [-0.39, 0.29) is 40.7 Å². The Labute approximate surface area is 171 Å². The lowest BCUT2D eigenvalue weighted by atomic mass is 9.49. The molecule has 0 radical (unpaired) electrons. The van der Waals surface area contributed by atoms with Crippen molar-refractivity contribution < 1.29 is 23.9 Å².